The molecular formula is C18H20N4O3. The molecule has 5 N–H and O–H groups in total. The van der Waals surface area contributed by atoms with Gasteiger partial charge in [0.05, 0.1) is 0 Å². The number of para-hydroxylation sites is 1. The molecule has 0 aliphatic heterocycles. The average Bonchev–Trinajstić information content (AvgIpc) is 2.57. The Bertz CT molecular complexity index is 790. The molecule has 7 nitrogen and oxygen atoms in total. The summed E-state index contributed by atoms with van der Waals surface area (Å²) < 4.78 is 0. The summed E-state index contributed by atoms with van der Waals surface area (Å²) in [7, 11) is 0. The number of carbonyl (C=O) groups is 3. The summed E-state index contributed by atoms with van der Waals surface area (Å²) in [6, 6.07) is 12.5. The molecule has 0 radical (unpaired) electrons. The first-order chi connectivity index (χ1) is 11.9. The molecule has 0 aliphatic rings. The number of hydrogen-bond acceptors (Lipinski definition) is 3. The summed E-state index contributed by atoms with van der Waals surface area (Å²) in [5, 5.41) is 7.87. The van der Waals surface area contributed by atoms with E-state index < -0.39 is 23.9 Å². The Morgan fingerprint density at radius 1 is 0.960 bits per heavy atom. The van der Waals surface area contributed by atoms with E-state index in [2.05, 4.69) is 16.0 Å². The number of anilines is 2. The van der Waals surface area contributed by atoms with Crippen molar-refractivity contribution < 1.29 is 14.4 Å². The van der Waals surface area contributed by atoms with Crippen LogP contribution in [0, 0.1) is 6.92 Å². The lowest BCUT2D eigenvalue weighted by Gasteiger charge is -2.16. The van der Waals surface area contributed by atoms with Gasteiger partial charge in [0, 0.05) is 16.9 Å². The third-order valence-corrected chi connectivity index (χ3v) is 3.63. The molecule has 2 rings (SSSR count). The number of amides is 4. The van der Waals surface area contributed by atoms with Crippen molar-refractivity contribution in [2.75, 3.05) is 10.6 Å². The molecule has 1 atom stereocenters. The van der Waals surface area contributed by atoms with Gasteiger partial charge in [-0.2, -0.15) is 0 Å². The first kappa shape index (κ1) is 18.0. The number of primary amides is 1. The van der Waals surface area contributed by atoms with Crippen LogP contribution in [-0.4, -0.2) is 23.9 Å². The molecule has 0 fully saturated rings. The van der Waals surface area contributed by atoms with Crippen molar-refractivity contribution in [2.24, 2.45) is 5.73 Å². The predicted molar refractivity (Wildman–Crippen MR) is 96.4 cm³/mol. The highest BCUT2D eigenvalue weighted by Crippen LogP contribution is 2.18. The Kier molecular flexibility index (Phi) is 5.73. The van der Waals surface area contributed by atoms with Crippen molar-refractivity contribution in [1.82, 2.24) is 5.32 Å². The lowest BCUT2D eigenvalue weighted by atomic mass is 10.1. The molecule has 0 saturated heterocycles. The summed E-state index contributed by atoms with van der Waals surface area (Å²) in [5.74, 6) is -0.977. The second-order valence-electron chi connectivity index (χ2n) is 5.52. The van der Waals surface area contributed by atoms with Crippen LogP contribution in [0.25, 0.3) is 0 Å². The normalized spacial score (nSPS) is 11.3. The zero-order chi connectivity index (χ0) is 18.4. The van der Waals surface area contributed by atoms with Crippen LogP contribution in [0.5, 0.6) is 0 Å². The summed E-state index contributed by atoms with van der Waals surface area (Å²) in [4.78, 5) is 35.5. The minimum atomic E-state index is -0.777. The molecule has 0 aliphatic carbocycles. The maximum absolute atomic E-state index is 12.3. The lowest BCUT2D eigenvalue weighted by molar-refractivity contribution is -0.117. The first-order valence-electron chi connectivity index (χ1n) is 7.71. The van der Waals surface area contributed by atoms with Crippen LogP contribution in [0.4, 0.5) is 16.2 Å². The standard InChI is InChI=1S/C18H20N4O3/c1-11-14(16(19)23)9-6-10-15(11)22-17(24)12(2)20-18(25)21-13-7-4-3-5-8-13/h3-10,12H,1-2H3,(H2,19,23)(H,22,24)(H2,20,21,25). The number of carbonyl (C=O) groups excluding carboxylic acids is 3. The summed E-state index contributed by atoms with van der Waals surface area (Å²) in [6.45, 7) is 3.25. The minimum Gasteiger partial charge on any atom is -0.366 e. The topological polar surface area (TPSA) is 113 Å². The Balaban J connectivity index is 1.98. The summed E-state index contributed by atoms with van der Waals surface area (Å²) in [6.07, 6.45) is 0. The third-order valence-electron chi connectivity index (χ3n) is 3.63. The number of rotatable bonds is 5. The zero-order valence-electron chi connectivity index (χ0n) is 14.0. The van der Waals surface area contributed by atoms with Crippen molar-refractivity contribution in [2.45, 2.75) is 19.9 Å². The smallest absolute Gasteiger partial charge is 0.319 e. The molecule has 4 amide bonds. The largest absolute Gasteiger partial charge is 0.366 e. The van der Waals surface area contributed by atoms with Crippen molar-refractivity contribution >= 4 is 29.2 Å². The first-order valence-corrected chi connectivity index (χ1v) is 7.71. The van der Waals surface area contributed by atoms with Gasteiger partial charge in [0.15, 0.2) is 0 Å². The van der Waals surface area contributed by atoms with Crippen molar-refractivity contribution in [3.8, 4) is 0 Å². The maximum atomic E-state index is 12.3. The number of benzene rings is 2. The molecule has 0 saturated carbocycles. The zero-order valence-corrected chi connectivity index (χ0v) is 14.0. The van der Waals surface area contributed by atoms with Gasteiger partial charge in [0.25, 0.3) is 0 Å². The van der Waals surface area contributed by atoms with Crippen molar-refractivity contribution in [3.05, 3.63) is 59.7 Å². The number of urea groups is 1. The Morgan fingerprint density at radius 3 is 2.28 bits per heavy atom. The fourth-order valence-electron chi connectivity index (χ4n) is 2.23. The van der Waals surface area contributed by atoms with Crippen LogP contribution < -0.4 is 21.7 Å². The fraction of sp³-hybridized carbons (Fsp3) is 0.167. The Hall–Kier alpha value is -3.35. The summed E-state index contributed by atoms with van der Waals surface area (Å²) >= 11 is 0. The van der Waals surface area contributed by atoms with Crippen LogP contribution in [0.2, 0.25) is 0 Å². The van der Waals surface area contributed by atoms with Crippen molar-refractivity contribution in [1.29, 1.82) is 0 Å². The lowest BCUT2D eigenvalue weighted by Crippen LogP contribution is -2.43. The Labute approximate surface area is 145 Å². The van der Waals surface area contributed by atoms with E-state index in [1.807, 2.05) is 6.07 Å². The molecule has 2 aromatic rings. The molecule has 7 heteroatoms. The van der Waals surface area contributed by atoms with E-state index in [1.54, 1.807) is 56.3 Å². The van der Waals surface area contributed by atoms with Gasteiger partial charge in [-0.05, 0) is 43.7 Å². The van der Waals surface area contributed by atoms with Crippen LogP contribution in [0.3, 0.4) is 0 Å². The van der Waals surface area contributed by atoms with Gasteiger partial charge in [-0.25, -0.2) is 4.79 Å². The average molecular weight is 340 g/mol. The number of nitrogens with one attached hydrogen (secondary N) is 3. The SMILES string of the molecule is Cc1c(NC(=O)C(C)NC(=O)Nc2ccccc2)cccc1C(N)=O. The van der Waals surface area contributed by atoms with E-state index in [4.69, 9.17) is 5.73 Å². The van der Waals surface area contributed by atoms with E-state index in [1.165, 1.54) is 0 Å². The van der Waals surface area contributed by atoms with Gasteiger partial charge in [-0.3, -0.25) is 9.59 Å². The highest BCUT2D eigenvalue weighted by Gasteiger charge is 2.17. The quantitative estimate of drug-likeness (QED) is 0.669. The van der Waals surface area contributed by atoms with E-state index in [0.29, 0.717) is 22.5 Å². The van der Waals surface area contributed by atoms with Crippen molar-refractivity contribution in [3.63, 3.8) is 0 Å². The highest BCUT2D eigenvalue weighted by atomic mass is 16.2. The molecule has 25 heavy (non-hydrogen) atoms. The van der Waals surface area contributed by atoms with E-state index in [-0.39, 0.29) is 0 Å². The molecule has 1 unspecified atom stereocenters. The third kappa shape index (κ3) is 4.81. The van der Waals surface area contributed by atoms with Gasteiger partial charge in [0.2, 0.25) is 11.8 Å². The van der Waals surface area contributed by atoms with E-state index in [0.717, 1.165) is 0 Å². The predicted octanol–water partition coefficient (Wildman–Crippen LogP) is 2.24. The highest BCUT2D eigenvalue weighted by molar-refractivity contribution is 6.01. The molecule has 2 aromatic carbocycles. The molecule has 0 bridgehead atoms. The van der Waals surface area contributed by atoms with Gasteiger partial charge >= 0.3 is 6.03 Å². The van der Waals surface area contributed by atoms with Crippen LogP contribution in [-0.2, 0) is 4.79 Å². The molecule has 130 valence electrons. The molecule has 0 heterocycles. The molecular weight excluding hydrogens is 320 g/mol. The monoisotopic (exact) mass is 340 g/mol. The van der Waals surface area contributed by atoms with Crippen LogP contribution in [0.15, 0.2) is 48.5 Å². The van der Waals surface area contributed by atoms with E-state index in [9.17, 15) is 14.4 Å². The molecule has 0 spiro atoms. The van der Waals surface area contributed by atoms with E-state index >= 15 is 0 Å². The molecule has 0 aromatic heterocycles. The second kappa shape index (κ2) is 7.96. The summed E-state index contributed by atoms with van der Waals surface area (Å²) in [5.41, 5.74) is 7.30. The van der Waals surface area contributed by atoms with Gasteiger partial charge < -0.3 is 21.7 Å². The van der Waals surface area contributed by atoms with Gasteiger partial charge in [-0.1, -0.05) is 24.3 Å². The number of nitrogens with two attached hydrogens (primary N) is 1. The Morgan fingerprint density at radius 2 is 1.64 bits per heavy atom. The van der Waals surface area contributed by atoms with Gasteiger partial charge in [0.1, 0.15) is 6.04 Å². The van der Waals surface area contributed by atoms with Crippen LogP contribution >= 0.6 is 0 Å². The maximum Gasteiger partial charge on any atom is 0.319 e. The minimum absolute atomic E-state index is 0.334. The number of hydrogen-bond donors (Lipinski definition) is 4. The van der Waals surface area contributed by atoms with Gasteiger partial charge in [-0.15, -0.1) is 0 Å². The second-order valence-corrected chi connectivity index (χ2v) is 5.52. The fourth-order valence-corrected chi connectivity index (χ4v) is 2.23. The van der Waals surface area contributed by atoms with Crippen LogP contribution in [0.1, 0.15) is 22.8 Å².